The first-order valence-corrected chi connectivity index (χ1v) is 6.37. The lowest BCUT2D eigenvalue weighted by Gasteiger charge is -2.07. The van der Waals surface area contributed by atoms with Gasteiger partial charge in [-0.3, -0.25) is 9.59 Å². The number of amides is 2. The van der Waals surface area contributed by atoms with Crippen molar-refractivity contribution < 1.29 is 19.5 Å². The van der Waals surface area contributed by atoms with E-state index in [2.05, 4.69) is 10.6 Å². The van der Waals surface area contributed by atoms with Crippen molar-refractivity contribution in [2.45, 2.75) is 12.8 Å². The van der Waals surface area contributed by atoms with Gasteiger partial charge in [-0.15, -0.1) is 0 Å². The first-order valence-electron chi connectivity index (χ1n) is 5.62. The molecule has 8 heteroatoms. The van der Waals surface area contributed by atoms with Crippen molar-refractivity contribution in [3.05, 3.63) is 28.2 Å². The van der Waals surface area contributed by atoms with Gasteiger partial charge in [0.25, 0.3) is 0 Å². The number of hydrogen-bond donors (Lipinski definition) is 3. The van der Waals surface area contributed by atoms with Crippen LogP contribution in [0.5, 0.6) is 0 Å². The van der Waals surface area contributed by atoms with Gasteiger partial charge in [0, 0.05) is 12.1 Å². The second-order valence-corrected chi connectivity index (χ2v) is 4.68. The molecule has 0 fully saturated rings. The summed E-state index contributed by atoms with van der Waals surface area (Å²) in [6, 6.07) is 3.96. The van der Waals surface area contributed by atoms with Crippen molar-refractivity contribution in [3.63, 3.8) is 0 Å². The highest BCUT2D eigenvalue weighted by Crippen LogP contribution is 2.24. The monoisotopic (exact) mass is 318 g/mol. The van der Waals surface area contributed by atoms with Crippen LogP contribution in [-0.2, 0) is 9.59 Å². The highest BCUT2D eigenvalue weighted by Gasteiger charge is 2.08. The third-order valence-electron chi connectivity index (χ3n) is 2.24. The fraction of sp³-hybridized carbons (Fsp3) is 0.250. The van der Waals surface area contributed by atoms with Crippen LogP contribution in [0.3, 0.4) is 0 Å². The summed E-state index contributed by atoms with van der Waals surface area (Å²) in [7, 11) is 0. The largest absolute Gasteiger partial charge is 0.481 e. The van der Waals surface area contributed by atoms with Crippen molar-refractivity contribution in [2.24, 2.45) is 0 Å². The minimum Gasteiger partial charge on any atom is -0.481 e. The molecule has 6 nitrogen and oxygen atoms in total. The van der Waals surface area contributed by atoms with E-state index in [9.17, 15) is 14.4 Å². The molecule has 1 aromatic carbocycles. The van der Waals surface area contributed by atoms with Crippen molar-refractivity contribution in [3.8, 4) is 0 Å². The topological polar surface area (TPSA) is 95.5 Å². The minimum atomic E-state index is -1.06. The number of urea groups is 1. The number of carbonyl (C=O) groups excluding carboxylic acids is 2. The van der Waals surface area contributed by atoms with Gasteiger partial charge in [0.15, 0.2) is 5.78 Å². The number of rotatable bonds is 6. The number of nitrogens with one attached hydrogen (secondary N) is 2. The van der Waals surface area contributed by atoms with Gasteiger partial charge in [-0.1, -0.05) is 23.2 Å². The first-order chi connectivity index (χ1) is 9.38. The zero-order valence-corrected chi connectivity index (χ0v) is 11.8. The maximum absolute atomic E-state index is 11.5. The van der Waals surface area contributed by atoms with Crippen LogP contribution in [0.1, 0.15) is 12.8 Å². The van der Waals surface area contributed by atoms with Crippen LogP contribution in [0.4, 0.5) is 10.5 Å². The number of benzene rings is 1. The lowest BCUT2D eigenvalue weighted by molar-refractivity contribution is -0.138. The number of carboxylic acids is 1. The Morgan fingerprint density at radius 1 is 1.10 bits per heavy atom. The Kier molecular flexibility index (Phi) is 6.27. The van der Waals surface area contributed by atoms with Gasteiger partial charge in [0.05, 0.1) is 23.0 Å². The van der Waals surface area contributed by atoms with Crippen LogP contribution in [-0.4, -0.2) is 29.4 Å². The van der Waals surface area contributed by atoms with E-state index in [1.54, 1.807) is 6.07 Å². The third kappa shape index (κ3) is 5.90. The van der Waals surface area contributed by atoms with E-state index in [-0.39, 0.29) is 25.2 Å². The predicted octanol–water partition coefficient (Wildman–Crippen LogP) is 2.55. The Morgan fingerprint density at radius 2 is 1.80 bits per heavy atom. The average molecular weight is 319 g/mol. The second kappa shape index (κ2) is 7.72. The predicted molar refractivity (Wildman–Crippen MR) is 75.4 cm³/mol. The molecule has 0 aliphatic rings. The summed E-state index contributed by atoms with van der Waals surface area (Å²) < 4.78 is 0. The molecular weight excluding hydrogens is 307 g/mol. The lowest BCUT2D eigenvalue weighted by atomic mass is 10.2. The molecule has 0 aliphatic carbocycles. The fourth-order valence-electron chi connectivity index (χ4n) is 1.26. The second-order valence-electron chi connectivity index (χ2n) is 3.87. The van der Waals surface area contributed by atoms with Gasteiger partial charge in [-0.2, -0.15) is 0 Å². The molecule has 0 unspecified atom stereocenters. The van der Waals surface area contributed by atoms with Gasteiger partial charge in [0.2, 0.25) is 0 Å². The molecule has 0 bridgehead atoms. The van der Waals surface area contributed by atoms with Crippen LogP contribution >= 0.6 is 23.2 Å². The molecule has 2 amide bonds. The number of hydrogen-bond acceptors (Lipinski definition) is 3. The van der Waals surface area contributed by atoms with Crippen molar-refractivity contribution in [1.82, 2.24) is 5.32 Å². The molecule has 0 radical (unpaired) electrons. The third-order valence-corrected chi connectivity index (χ3v) is 2.98. The molecule has 0 heterocycles. The number of carboxylic acid groups (broad SMARTS) is 1. The van der Waals surface area contributed by atoms with E-state index in [4.69, 9.17) is 28.3 Å². The smallest absolute Gasteiger partial charge is 0.319 e. The average Bonchev–Trinajstić information content (AvgIpc) is 2.38. The molecule has 0 atom stereocenters. The van der Waals surface area contributed by atoms with E-state index in [1.807, 2.05) is 0 Å². The summed E-state index contributed by atoms with van der Waals surface area (Å²) in [5.41, 5.74) is 0.426. The lowest BCUT2D eigenvalue weighted by Crippen LogP contribution is -2.33. The van der Waals surface area contributed by atoms with Gasteiger partial charge >= 0.3 is 12.0 Å². The Bertz CT molecular complexity index is 534. The SMILES string of the molecule is O=C(O)CCC(=O)CNC(=O)Nc1ccc(Cl)c(Cl)c1. The van der Waals surface area contributed by atoms with Crippen LogP contribution in [0.15, 0.2) is 18.2 Å². The number of ketones is 1. The molecule has 0 aromatic heterocycles. The maximum atomic E-state index is 11.5. The number of halogens is 2. The molecule has 1 aromatic rings. The normalized spacial score (nSPS) is 9.90. The van der Waals surface area contributed by atoms with Gasteiger partial charge in [-0.05, 0) is 18.2 Å². The molecule has 20 heavy (non-hydrogen) atoms. The Labute approximate surface area is 125 Å². The zero-order valence-electron chi connectivity index (χ0n) is 10.3. The number of Topliss-reactive ketones (excluding diaryl/α,β-unsaturated/α-hetero) is 1. The van der Waals surface area contributed by atoms with Crippen molar-refractivity contribution >= 4 is 46.7 Å². The molecule has 0 saturated heterocycles. The molecular formula is C12H12Cl2N2O4. The van der Waals surface area contributed by atoms with E-state index in [0.717, 1.165) is 0 Å². The van der Waals surface area contributed by atoms with E-state index < -0.39 is 12.0 Å². The van der Waals surface area contributed by atoms with Crippen LogP contribution < -0.4 is 10.6 Å². The minimum absolute atomic E-state index is 0.123. The summed E-state index contributed by atoms with van der Waals surface area (Å²) >= 11 is 11.5. The van der Waals surface area contributed by atoms with Crippen molar-refractivity contribution in [2.75, 3.05) is 11.9 Å². The number of anilines is 1. The van der Waals surface area contributed by atoms with E-state index >= 15 is 0 Å². The molecule has 1 rings (SSSR count). The standard InChI is InChI=1S/C12H12Cl2N2O4/c13-9-3-1-7(5-10(9)14)16-12(20)15-6-8(17)2-4-11(18)19/h1,3,5H,2,4,6H2,(H,18,19)(H2,15,16,20). The van der Waals surface area contributed by atoms with E-state index in [1.165, 1.54) is 12.1 Å². The number of aliphatic carboxylic acids is 1. The van der Waals surface area contributed by atoms with E-state index in [0.29, 0.717) is 15.7 Å². The summed E-state index contributed by atoms with van der Waals surface area (Å²) in [4.78, 5) is 33.0. The molecule has 0 aliphatic heterocycles. The van der Waals surface area contributed by atoms with Crippen LogP contribution in [0, 0.1) is 0 Å². The molecule has 0 spiro atoms. The zero-order chi connectivity index (χ0) is 15.1. The number of carbonyl (C=O) groups is 3. The fourth-order valence-corrected chi connectivity index (χ4v) is 1.56. The van der Waals surface area contributed by atoms with Crippen LogP contribution in [0.25, 0.3) is 0 Å². The summed E-state index contributed by atoms with van der Waals surface area (Å²) in [5.74, 6) is -1.42. The van der Waals surface area contributed by atoms with Gasteiger partial charge < -0.3 is 15.7 Å². The summed E-state index contributed by atoms with van der Waals surface area (Å²) in [6.45, 7) is -0.236. The molecule has 3 N–H and O–H groups in total. The van der Waals surface area contributed by atoms with Gasteiger partial charge in [-0.25, -0.2) is 4.79 Å². The van der Waals surface area contributed by atoms with Gasteiger partial charge in [0.1, 0.15) is 0 Å². The maximum Gasteiger partial charge on any atom is 0.319 e. The summed E-state index contributed by atoms with van der Waals surface area (Å²) in [5, 5.41) is 13.9. The van der Waals surface area contributed by atoms with Crippen LogP contribution in [0.2, 0.25) is 10.0 Å². The van der Waals surface area contributed by atoms with Crippen molar-refractivity contribution in [1.29, 1.82) is 0 Å². The Morgan fingerprint density at radius 3 is 2.40 bits per heavy atom. The first kappa shape index (κ1) is 16.3. The molecule has 0 saturated carbocycles. The quantitative estimate of drug-likeness (QED) is 0.751. The highest BCUT2D eigenvalue weighted by atomic mass is 35.5. The summed E-state index contributed by atoms with van der Waals surface area (Å²) in [6.07, 6.45) is -0.378. The molecule has 108 valence electrons. The Balaban J connectivity index is 2.38. The highest BCUT2D eigenvalue weighted by molar-refractivity contribution is 6.42. The Hall–Kier alpha value is -1.79.